The Morgan fingerprint density at radius 2 is 1.93 bits per heavy atom. The van der Waals surface area contributed by atoms with Crippen molar-refractivity contribution in [2.75, 3.05) is 50.8 Å². The number of aromatic hydroxyl groups is 1. The van der Waals surface area contributed by atoms with Crippen molar-refractivity contribution in [3.8, 4) is 5.88 Å². The highest BCUT2D eigenvalue weighted by Crippen LogP contribution is 2.40. The number of ether oxygens (including phenoxy) is 1. The monoisotopic (exact) mass is 382 g/mol. The number of nitrogens with zero attached hydrogens (tertiary/aromatic N) is 3. The summed E-state index contributed by atoms with van der Waals surface area (Å²) in [5, 5.41) is 15.9. The minimum atomic E-state index is 0.284. The molecule has 0 unspecified atom stereocenters. The van der Waals surface area contributed by atoms with Crippen LogP contribution in [0.25, 0.3) is 10.9 Å². The Morgan fingerprint density at radius 1 is 1.11 bits per heavy atom. The fourth-order valence-electron chi connectivity index (χ4n) is 4.94. The number of aliphatic imine (C=N–C) groups is 1. The molecule has 6 nitrogen and oxygen atoms in total. The quantitative estimate of drug-likeness (QED) is 0.856. The molecule has 150 valence electrons. The van der Waals surface area contributed by atoms with Gasteiger partial charge in [-0.25, -0.2) is 0 Å². The molecule has 0 aliphatic carbocycles. The zero-order valence-corrected chi connectivity index (χ0v) is 16.5. The van der Waals surface area contributed by atoms with Crippen LogP contribution in [0.15, 0.2) is 23.2 Å². The standard InChI is InChI=1S/C22H30N4O2/c27-22-21(19-5-8-23-9-10-24-19)18-15-17(25-11-1-2-12-25)3-4-20(18)26(22)16-6-13-28-14-7-16/h3-4,15-16,23,27H,1-2,5-14H2. The van der Waals surface area contributed by atoms with E-state index in [4.69, 9.17) is 9.73 Å². The van der Waals surface area contributed by atoms with E-state index in [1.54, 1.807) is 0 Å². The SMILES string of the molecule is Oc1c(C2=NCCNCC2)c2cc(N3CCCC3)ccc2n1C1CCOCC1. The molecule has 28 heavy (non-hydrogen) atoms. The first-order valence-corrected chi connectivity index (χ1v) is 10.8. The second-order valence-electron chi connectivity index (χ2n) is 8.14. The zero-order chi connectivity index (χ0) is 18.9. The van der Waals surface area contributed by atoms with E-state index >= 15 is 0 Å². The van der Waals surface area contributed by atoms with Crippen molar-refractivity contribution in [1.82, 2.24) is 9.88 Å². The first-order valence-electron chi connectivity index (χ1n) is 10.8. The molecule has 5 rings (SSSR count). The summed E-state index contributed by atoms with van der Waals surface area (Å²) < 4.78 is 7.72. The molecule has 3 aliphatic heterocycles. The Balaban J connectivity index is 1.66. The smallest absolute Gasteiger partial charge is 0.201 e. The first-order chi connectivity index (χ1) is 13.8. The molecule has 0 atom stereocenters. The van der Waals surface area contributed by atoms with Crippen LogP contribution >= 0.6 is 0 Å². The van der Waals surface area contributed by atoms with Gasteiger partial charge in [-0.05, 0) is 43.9 Å². The van der Waals surface area contributed by atoms with Crippen molar-refractivity contribution in [2.24, 2.45) is 4.99 Å². The van der Waals surface area contributed by atoms with E-state index in [0.29, 0.717) is 5.88 Å². The summed E-state index contributed by atoms with van der Waals surface area (Å²) >= 11 is 0. The van der Waals surface area contributed by atoms with Crippen LogP contribution in [0, 0.1) is 0 Å². The van der Waals surface area contributed by atoms with Gasteiger partial charge in [-0.2, -0.15) is 0 Å². The third-order valence-corrected chi connectivity index (χ3v) is 6.41. The lowest BCUT2D eigenvalue weighted by molar-refractivity contribution is 0.0688. The summed E-state index contributed by atoms with van der Waals surface area (Å²) in [7, 11) is 0. The summed E-state index contributed by atoms with van der Waals surface area (Å²) in [6.07, 6.45) is 5.26. The minimum absolute atomic E-state index is 0.284. The van der Waals surface area contributed by atoms with Crippen LogP contribution in [0.2, 0.25) is 0 Å². The van der Waals surface area contributed by atoms with Crippen molar-refractivity contribution in [1.29, 1.82) is 0 Å². The Hall–Kier alpha value is -2.05. The number of hydrogen-bond acceptors (Lipinski definition) is 5. The Kier molecular flexibility index (Phi) is 4.99. The normalized spacial score (nSPS) is 21.9. The molecule has 2 N–H and O–H groups in total. The Labute approximate surface area is 166 Å². The molecule has 4 heterocycles. The number of nitrogens with one attached hydrogen (secondary N) is 1. The van der Waals surface area contributed by atoms with E-state index < -0.39 is 0 Å². The molecule has 6 heteroatoms. The first kappa shape index (κ1) is 18.0. The van der Waals surface area contributed by atoms with Gasteiger partial charge >= 0.3 is 0 Å². The molecule has 1 aromatic heterocycles. The van der Waals surface area contributed by atoms with E-state index in [0.717, 1.165) is 87.4 Å². The lowest BCUT2D eigenvalue weighted by Crippen LogP contribution is -2.19. The molecule has 0 saturated carbocycles. The van der Waals surface area contributed by atoms with Gasteiger partial charge in [0, 0.05) is 68.6 Å². The second kappa shape index (κ2) is 7.76. The van der Waals surface area contributed by atoms with E-state index in [1.807, 2.05) is 0 Å². The molecule has 2 saturated heterocycles. The third-order valence-electron chi connectivity index (χ3n) is 6.41. The van der Waals surface area contributed by atoms with E-state index in [-0.39, 0.29) is 6.04 Å². The van der Waals surface area contributed by atoms with Gasteiger partial charge in [0.2, 0.25) is 5.88 Å². The average molecular weight is 383 g/mol. The molecular weight excluding hydrogens is 352 g/mol. The highest BCUT2D eigenvalue weighted by molar-refractivity contribution is 6.14. The van der Waals surface area contributed by atoms with Crippen LogP contribution in [-0.2, 0) is 4.74 Å². The molecule has 0 spiro atoms. The second-order valence-corrected chi connectivity index (χ2v) is 8.14. The minimum Gasteiger partial charge on any atom is -0.494 e. The highest BCUT2D eigenvalue weighted by atomic mass is 16.5. The molecule has 0 bridgehead atoms. The van der Waals surface area contributed by atoms with E-state index in [1.165, 1.54) is 18.5 Å². The number of anilines is 1. The molecule has 0 radical (unpaired) electrons. The summed E-state index contributed by atoms with van der Waals surface area (Å²) in [5.74, 6) is 0.390. The molecule has 2 fully saturated rings. The maximum absolute atomic E-state index is 11.4. The summed E-state index contributed by atoms with van der Waals surface area (Å²) in [6.45, 7) is 6.35. The molecule has 2 aromatic rings. The highest BCUT2D eigenvalue weighted by Gasteiger charge is 2.27. The lowest BCUT2D eigenvalue weighted by Gasteiger charge is -2.25. The van der Waals surface area contributed by atoms with Gasteiger partial charge in [0.05, 0.1) is 17.6 Å². The van der Waals surface area contributed by atoms with Gasteiger partial charge in [0.15, 0.2) is 0 Å². The van der Waals surface area contributed by atoms with Crippen LogP contribution in [0.4, 0.5) is 5.69 Å². The maximum atomic E-state index is 11.4. The van der Waals surface area contributed by atoms with Gasteiger partial charge in [-0.1, -0.05) is 0 Å². The molecule has 1 aromatic carbocycles. The van der Waals surface area contributed by atoms with Crippen molar-refractivity contribution in [3.63, 3.8) is 0 Å². The fourth-order valence-corrected chi connectivity index (χ4v) is 4.94. The van der Waals surface area contributed by atoms with E-state index in [9.17, 15) is 5.11 Å². The summed E-state index contributed by atoms with van der Waals surface area (Å²) in [5.41, 5.74) is 4.38. The van der Waals surface area contributed by atoms with E-state index in [2.05, 4.69) is 33.0 Å². The van der Waals surface area contributed by atoms with Crippen molar-refractivity contribution < 1.29 is 9.84 Å². The number of benzene rings is 1. The third kappa shape index (κ3) is 3.18. The molecule has 3 aliphatic rings. The van der Waals surface area contributed by atoms with Crippen LogP contribution < -0.4 is 10.2 Å². The van der Waals surface area contributed by atoms with Crippen molar-refractivity contribution in [3.05, 3.63) is 23.8 Å². The van der Waals surface area contributed by atoms with Gasteiger partial charge in [0.1, 0.15) is 0 Å². The zero-order valence-electron chi connectivity index (χ0n) is 16.5. The van der Waals surface area contributed by atoms with Gasteiger partial charge in [-0.15, -0.1) is 0 Å². The number of rotatable bonds is 3. The van der Waals surface area contributed by atoms with Crippen molar-refractivity contribution >= 4 is 22.3 Å². The van der Waals surface area contributed by atoms with Crippen LogP contribution in [0.5, 0.6) is 5.88 Å². The topological polar surface area (TPSA) is 62.0 Å². The number of aromatic nitrogens is 1. The van der Waals surface area contributed by atoms with Crippen LogP contribution in [0.1, 0.15) is 43.7 Å². The Morgan fingerprint density at radius 3 is 2.75 bits per heavy atom. The number of fused-ring (bicyclic) bond motifs is 1. The molecular formula is C22H30N4O2. The van der Waals surface area contributed by atoms with Crippen LogP contribution in [0.3, 0.4) is 0 Å². The van der Waals surface area contributed by atoms with Crippen LogP contribution in [-0.4, -0.2) is 61.3 Å². The van der Waals surface area contributed by atoms with Crippen molar-refractivity contribution in [2.45, 2.75) is 38.1 Å². The van der Waals surface area contributed by atoms with Gasteiger partial charge in [0.25, 0.3) is 0 Å². The fraction of sp³-hybridized carbons (Fsp3) is 0.591. The number of hydrogen-bond donors (Lipinski definition) is 2. The summed E-state index contributed by atoms with van der Waals surface area (Å²) in [4.78, 5) is 7.29. The maximum Gasteiger partial charge on any atom is 0.201 e. The largest absolute Gasteiger partial charge is 0.494 e. The average Bonchev–Trinajstić information content (AvgIpc) is 3.27. The van der Waals surface area contributed by atoms with Gasteiger partial charge in [-0.3, -0.25) is 4.99 Å². The predicted octanol–water partition coefficient (Wildman–Crippen LogP) is 3.08. The van der Waals surface area contributed by atoms with Gasteiger partial charge < -0.3 is 24.6 Å². The summed E-state index contributed by atoms with van der Waals surface area (Å²) in [6, 6.07) is 7.00. The molecule has 0 amide bonds. The Bertz CT molecular complexity index is 876. The lowest BCUT2D eigenvalue weighted by atomic mass is 10.0. The predicted molar refractivity (Wildman–Crippen MR) is 113 cm³/mol.